The number of nitro groups is 2. The Kier molecular flexibility index (Phi) is 5.81. The molecule has 0 N–H and O–H groups in total. The second-order valence-electron chi connectivity index (χ2n) is 6.11. The molecule has 28 heavy (non-hydrogen) atoms. The molecule has 2 aromatic rings. The maximum absolute atomic E-state index is 11.6. The van der Waals surface area contributed by atoms with Crippen molar-refractivity contribution < 1.29 is 19.3 Å². The van der Waals surface area contributed by atoms with Gasteiger partial charge >= 0.3 is 5.72 Å². The number of ether oxygens (including phenoxy) is 2. The van der Waals surface area contributed by atoms with Gasteiger partial charge in [0.2, 0.25) is 0 Å². The lowest BCUT2D eigenvalue weighted by Gasteiger charge is -2.24. The summed E-state index contributed by atoms with van der Waals surface area (Å²) in [5.74, 6) is 0.426. The van der Waals surface area contributed by atoms with E-state index in [1.54, 1.807) is 12.2 Å². The highest BCUT2D eigenvalue weighted by Crippen LogP contribution is 2.30. The van der Waals surface area contributed by atoms with Gasteiger partial charge in [-0.05, 0) is 29.3 Å². The van der Waals surface area contributed by atoms with E-state index >= 15 is 0 Å². The van der Waals surface area contributed by atoms with Crippen molar-refractivity contribution in [3.63, 3.8) is 0 Å². The predicted molar refractivity (Wildman–Crippen MR) is 102 cm³/mol. The van der Waals surface area contributed by atoms with Crippen molar-refractivity contribution in [1.29, 1.82) is 0 Å². The van der Waals surface area contributed by atoms with E-state index in [-0.39, 0.29) is 25.3 Å². The second-order valence-corrected chi connectivity index (χ2v) is 6.11. The zero-order valence-corrected chi connectivity index (χ0v) is 14.9. The van der Waals surface area contributed by atoms with Gasteiger partial charge in [-0.1, -0.05) is 36.4 Å². The molecule has 0 aliphatic heterocycles. The van der Waals surface area contributed by atoms with Crippen LogP contribution in [0.4, 0.5) is 5.69 Å². The van der Waals surface area contributed by atoms with Crippen LogP contribution in [0.15, 0.2) is 72.8 Å². The Labute approximate surface area is 161 Å². The highest BCUT2D eigenvalue weighted by atomic mass is 16.7. The van der Waals surface area contributed by atoms with E-state index in [1.807, 2.05) is 30.3 Å². The molecular weight excluding hydrogens is 364 g/mol. The molecule has 1 aliphatic rings. The predicted octanol–water partition coefficient (Wildman–Crippen LogP) is 4.01. The monoisotopic (exact) mass is 382 g/mol. The van der Waals surface area contributed by atoms with E-state index in [4.69, 9.17) is 9.47 Å². The lowest BCUT2D eigenvalue weighted by Crippen LogP contribution is -2.41. The molecule has 1 unspecified atom stereocenters. The van der Waals surface area contributed by atoms with E-state index in [0.717, 1.165) is 11.1 Å². The fraction of sp³-hybridized carbons (Fsp3) is 0.200. The van der Waals surface area contributed by atoms with Crippen molar-refractivity contribution in [2.45, 2.75) is 12.1 Å². The van der Waals surface area contributed by atoms with Crippen LogP contribution in [0.25, 0.3) is 5.57 Å². The van der Waals surface area contributed by atoms with Crippen LogP contribution >= 0.6 is 0 Å². The van der Waals surface area contributed by atoms with Crippen LogP contribution in [0.5, 0.6) is 5.75 Å². The van der Waals surface area contributed by atoms with Crippen molar-refractivity contribution in [2.75, 3.05) is 13.2 Å². The van der Waals surface area contributed by atoms with Crippen LogP contribution in [0.1, 0.15) is 12.0 Å². The molecule has 0 saturated heterocycles. The molecule has 1 aliphatic carbocycles. The Balaban J connectivity index is 1.56. The number of allylic oxidation sites excluding steroid dienone is 2. The van der Waals surface area contributed by atoms with E-state index in [2.05, 4.69) is 0 Å². The van der Waals surface area contributed by atoms with Gasteiger partial charge in [0, 0.05) is 18.2 Å². The zero-order valence-electron chi connectivity index (χ0n) is 14.9. The Morgan fingerprint density at radius 1 is 0.964 bits per heavy atom. The highest BCUT2D eigenvalue weighted by Gasteiger charge is 2.42. The first-order valence-electron chi connectivity index (χ1n) is 8.61. The lowest BCUT2D eigenvalue weighted by atomic mass is 9.95. The van der Waals surface area contributed by atoms with Crippen LogP contribution in [0.2, 0.25) is 0 Å². The van der Waals surface area contributed by atoms with Crippen LogP contribution in [-0.2, 0) is 4.74 Å². The normalized spacial score (nSPS) is 18.4. The Bertz CT molecular complexity index is 908. The minimum atomic E-state index is -1.63. The maximum Gasteiger partial charge on any atom is 0.348 e. The quantitative estimate of drug-likeness (QED) is 0.296. The zero-order chi connectivity index (χ0) is 20.0. The summed E-state index contributed by atoms with van der Waals surface area (Å²) < 4.78 is 11.0. The number of nitro benzene ring substituents is 1. The van der Waals surface area contributed by atoms with Gasteiger partial charge in [-0.3, -0.25) is 20.2 Å². The summed E-state index contributed by atoms with van der Waals surface area (Å²) in [6.45, 7) is 0.0767. The summed E-state index contributed by atoms with van der Waals surface area (Å²) in [6.07, 6.45) is 5.05. The third kappa shape index (κ3) is 4.41. The first kappa shape index (κ1) is 19.2. The summed E-state index contributed by atoms with van der Waals surface area (Å²) in [7, 11) is 0. The number of hydrogen-bond donors (Lipinski definition) is 0. The molecule has 0 fully saturated rings. The highest BCUT2D eigenvalue weighted by molar-refractivity contribution is 5.75. The van der Waals surface area contributed by atoms with Crippen LogP contribution in [0.3, 0.4) is 0 Å². The lowest BCUT2D eigenvalue weighted by molar-refractivity contribution is -0.613. The van der Waals surface area contributed by atoms with E-state index in [1.165, 1.54) is 30.3 Å². The van der Waals surface area contributed by atoms with Gasteiger partial charge in [-0.2, -0.15) is 0 Å². The van der Waals surface area contributed by atoms with Crippen LogP contribution < -0.4 is 4.74 Å². The largest absolute Gasteiger partial charge is 0.491 e. The molecule has 0 bridgehead atoms. The smallest absolute Gasteiger partial charge is 0.348 e. The third-order valence-corrected chi connectivity index (χ3v) is 4.31. The van der Waals surface area contributed by atoms with E-state index in [0.29, 0.717) is 5.75 Å². The average molecular weight is 382 g/mol. The van der Waals surface area contributed by atoms with Crippen LogP contribution in [0, 0.1) is 20.2 Å². The molecule has 8 heteroatoms. The molecule has 3 rings (SSSR count). The first-order valence-corrected chi connectivity index (χ1v) is 8.61. The summed E-state index contributed by atoms with van der Waals surface area (Å²) in [4.78, 5) is 21.3. The topological polar surface area (TPSA) is 105 Å². The van der Waals surface area contributed by atoms with Gasteiger partial charge in [-0.15, -0.1) is 0 Å². The molecule has 0 amide bonds. The maximum atomic E-state index is 11.6. The molecule has 0 aromatic heterocycles. The Morgan fingerprint density at radius 2 is 1.68 bits per heavy atom. The number of rotatable bonds is 8. The fourth-order valence-corrected chi connectivity index (χ4v) is 2.79. The van der Waals surface area contributed by atoms with Crippen LogP contribution in [-0.4, -0.2) is 28.8 Å². The second kappa shape index (κ2) is 8.45. The standard InChI is InChI=1S/C20H18N2O6/c23-21(24)18-6-8-19(9-7-18)27-14-15-28-20(22(25)26)12-10-17(11-13-20)16-4-2-1-3-5-16/h1-12H,13-15H2. The van der Waals surface area contributed by atoms with E-state index < -0.39 is 15.6 Å². The van der Waals surface area contributed by atoms with Crippen molar-refractivity contribution in [2.24, 2.45) is 0 Å². The van der Waals surface area contributed by atoms with Gasteiger partial charge in [0.05, 0.1) is 22.9 Å². The van der Waals surface area contributed by atoms with Crippen molar-refractivity contribution >= 4 is 11.3 Å². The third-order valence-electron chi connectivity index (χ3n) is 4.31. The summed E-state index contributed by atoms with van der Waals surface area (Å²) >= 11 is 0. The SMILES string of the molecule is O=[N+]([O-])c1ccc(OCCOC2([N+](=O)[O-])C=CC(c3ccccc3)=CC2)cc1. The summed E-state index contributed by atoms with van der Waals surface area (Å²) in [5.41, 5.74) is 0.224. The molecular formula is C20H18N2O6. The van der Waals surface area contributed by atoms with Gasteiger partial charge in [0.1, 0.15) is 12.4 Å². The number of benzene rings is 2. The molecule has 0 heterocycles. The first-order chi connectivity index (χ1) is 13.5. The van der Waals surface area contributed by atoms with E-state index in [9.17, 15) is 20.2 Å². The molecule has 2 aromatic carbocycles. The fourth-order valence-electron chi connectivity index (χ4n) is 2.79. The van der Waals surface area contributed by atoms with Gasteiger partial charge in [-0.25, -0.2) is 0 Å². The van der Waals surface area contributed by atoms with Gasteiger partial charge < -0.3 is 9.47 Å². The molecule has 0 radical (unpaired) electrons. The minimum absolute atomic E-state index is 0.00316. The van der Waals surface area contributed by atoms with Gasteiger partial charge in [0.15, 0.2) is 0 Å². The molecule has 1 atom stereocenters. The number of non-ortho nitro benzene ring substituents is 1. The average Bonchev–Trinajstić information content (AvgIpc) is 2.72. The minimum Gasteiger partial charge on any atom is -0.491 e. The van der Waals surface area contributed by atoms with Crippen molar-refractivity contribution in [3.05, 3.63) is 98.6 Å². The molecule has 0 spiro atoms. The summed E-state index contributed by atoms with van der Waals surface area (Å²) in [5, 5.41) is 22.2. The molecule has 0 saturated carbocycles. The van der Waals surface area contributed by atoms with Gasteiger partial charge in [0.25, 0.3) is 5.69 Å². The summed E-state index contributed by atoms with van der Waals surface area (Å²) in [6, 6.07) is 15.2. The Morgan fingerprint density at radius 3 is 2.25 bits per heavy atom. The van der Waals surface area contributed by atoms with Crippen molar-refractivity contribution in [3.8, 4) is 5.75 Å². The number of nitrogens with zero attached hydrogens (tertiary/aromatic N) is 2. The Hall–Kier alpha value is -3.52. The molecule has 8 nitrogen and oxygen atoms in total. The molecule has 144 valence electrons. The number of hydrogen-bond acceptors (Lipinski definition) is 6. The van der Waals surface area contributed by atoms with Crippen molar-refractivity contribution in [1.82, 2.24) is 0 Å².